The van der Waals surface area contributed by atoms with Gasteiger partial charge in [-0.05, 0) is 62.3 Å². The first kappa shape index (κ1) is 14.8. The van der Waals surface area contributed by atoms with E-state index in [9.17, 15) is 4.79 Å². The second kappa shape index (κ2) is 6.00. The molecule has 4 rings (SSSR count). The lowest BCUT2D eigenvalue weighted by Gasteiger charge is -2.08. The van der Waals surface area contributed by atoms with Crippen LogP contribution in [0.25, 0.3) is 0 Å². The Hall–Kier alpha value is -1.82. The minimum Gasteiger partial charge on any atom is -0.325 e. The molecule has 0 radical (unpaired) electrons. The summed E-state index contributed by atoms with van der Waals surface area (Å²) in [5.41, 5.74) is 3.70. The van der Waals surface area contributed by atoms with E-state index in [4.69, 9.17) is 0 Å². The average molecular weight is 328 g/mol. The summed E-state index contributed by atoms with van der Waals surface area (Å²) in [5, 5.41) is 12.2. The SMILES string of the molecule is Cc1nnc(SCC(=O)Nc2ccc3c(c2)CCC3)n1C1CC1. The predicted octanol–water partition coefficient (Wildman–Crippen LogP) is 3.14. The Labute approximate surface area is 139 Å². The van der Waals surface area contributed by atoms with Crippen molar-refractivity contribution in [1.82, 2.24) is 14.8 Å². The number of carbonyl (C=O) groups excluding carboxylic acids is 1. The van der Waals surface area contributed by atoms with Crippen LogP contribution in [0.4, 0.5) is 5.69 Å². The van der Waals surface area contributed by atoms with Crippen LogP contribution in [-0.2, 0) is 17.6 Å². The third-order valence-electron chi connectivity index (χ3n) is 4.46. The van der Waals surface area contributed by atoms with Crippen molar-refractivity contribution in [2.75, 3.05) is 11.1 Å². The molecule has 5 nitrogen and oxygen atoms in total. The van der Waals surface area contributed by atoms with Crippen molar-refractivity contribution in [3.05, 3.63) is 35.2 Å². The van der Waals surface area contributed by atoms with Gasteiger partial charge in [0.05, 0.1) is 5.75 Å². The van der Waals surface area contributed by atoms with E-state index in [2.05, 4.69) is 32.2 Å². The minimum absolute atomic E-state index is 0.0101. The number of aryl methyl sites for hydroxylation is 3. The van der Waals surface area contributed by atoms with E-state index in [0.717, 1.165) is 29.5 Å². The highest BCUT2D eigenvalue weighted by Crippen LogP contribution is 2.38. The topological polar surface area (TPSA) is 59.8 Å². The highest BCUT2D eigenvalue weighted by atomic mass is 32.2. The zero-order chi connectivity index (χ0) is 15.8. The highest BCUT2D eigenvalue weighted by Gasteiger charge is 2.28. The molecule has 0 atom stereocenters. The maximum absolute atomic E-state index is 12.2. The second-order valence-corrected chi connectivity index (χ2v) is 7.25. The van der Waals surface area contributed by atoms with Crippen molar-refractivity contribution in [3.63, 3.8) is 0 Å². The number of thioether (sulfide) groups is 1. The molecule has 2 aromatic rings. The fraction of sp³-hybridized carbons (Fsp3) is 0.471. The van der Waals surface area contributed by atoms with Gasteiger partial charge in [-0.25, -0.2) is 0 Å². The molecule has 2 aliphatic carbocycles. The van der Waals surface area contributed by atoms with Crippen LogP contribution in [0.5, 0.6) is 0 Å². The molecule has 120 valence electrons. The lowest BCUT2D eigenvalue weighted by molar-refractivity contribution is -0.113. The quantitative estimate of drug-likeness (QED) is 0.857. The molecule has 1 saturated carbocycles. The van der Waals surface area contributed by atoms with Crippen LogP contribution in [0.1, 0.15) is 42.3 Å². The Morgan fingerprint density at radius 3 is 2.96 bits per heavy atom. The number of rotatable bonds is 5. The number of hydrogen-bond acceptors (Lipinski definition) is 4. The van der Waals surface area contributed by atoms with E-state index in [0.29, 0.717) is 11.8 Å². The maximum Gasteiger partial charge on any atom is 0.234 e. The molecule has 0 saturated heterocycles. The first-order chi connectivity index (χ1) is 11.2. The zero-order valence-corrected chi connectivity index (χ0v) is 14.0. The van der Waals surface area contributed by atoms with E-state index in [1.165, 1.54) is 42.2 Å². The summed E-state index contributed by atoms with van der Waals surface area (Å²) >= 11 is 1.47. The van der Waals surface area contributed by atoms with Gasteiger partial charge < -0.3 is 9.88 Å². The number of anilines is 1. The molecule has 23 heavy (non-hydrogen) atoms. The normalized spacial score (nSPS) is 16.4. The molecule has 1 N–H and O–H groups in total. The fourth-order valence-corrected chi connectivity index (χ4v) is 4.03. The van der Waals surface area contributed by atoms with E-state index in [1.807, 2.05) is 13.0 Å². The van der Waals surface area contributed by atoms with Crippen LogP contribution in [0, 0.1) is 6.92 Å². The Bertz CT molecular complexity index is 751. The third kappa shape index (κ3) is 3.13. The molecule has 1 amide bonds. The number of nitrogens with zero attached hydrogens (tertiary/aromatic N) is 3. The maximum atomic E-state index is 12.2. The fourth-order valence-electron chi connectivity index (χ4n) is 3.18. The van der Waals surface area contributed by atoms with Gasteiger partial charge in [0.2, 0.25) is 5.91 Å². The molecule has 0 aliphatic heterocycles. The number of amides is 1. The average Bonchev–Trinajstić information content (AvgIpc) is 3.14. The summed E-state index contributed by atoms with van der Waals surface area (Å²) in [5.74, 6) is 1.31. The van der Waals surface area contributed by atoms with E-state index in [1.54, 1.807) is 0 Å². The molecule has 1 heterocycles. The van der Waals surface area contributed by atoms with Gasteiger partial charge in [-0.3, -0.25) is 4.79 Å². The van der Waals surface area contributed by atoms with Crippen molar-refractivity contribution in [3.8, 4) is 0 Å². The second-order valence-electron chi connectivity index (χ2n) is 6.30. The lowest BCUT2D eigenvalue weighted by atomic mass is 10.1. The van der Waals surface area contributed by atoms with E-state index >= 15 is 0 Å². The lowest BCUT2D eigenvalue weighted by Crippen LogP contribution is -2.14. The van der Waals surface area contributed by atoms with Gasteiger partial charge in [0.25, 0.3) is 0 Å². The van der Waals surface area contributed by atoms with Crippen molar-refractivity contribution >= 4 is 23.4 Å². The van der Waals surface area contributed by atoms with Gasteiger partial charge in [-0.1, -0.05) is 17.8 Å². The largest absolute Gasteiger partial charge is 0.325 e. The molecule has 1 fully saturated rings. The van der Waals surface area contributed by atoms with Gasteiger partial charge in [-0.15, -0.1) is 10.2 Å². The third-order valence-corrected chi connectivity index (χ3v) is 5.40. The predicted molar refractivity (Wildman–Crippen MR) is 90.9 cm³/mol. The molecule has 6 heteroatoms. The van der Waals surface area contributed by atoms with Crippen LogP contribution < -0.4 is 5.32 Å². The summed E-state index contributed by atoms with van der Waals surface area (Å²) in [4.78, 5) is 12.2. The standard InChI is InChI=1S/C17H20N4OS/c1-11-19-20-17(21(11)15-7-8-15)23-10-16(22)18-14-6-5-12-3-2-4-13(12)9-14/h5-6,9,15H,2-4,7-8,10H2,1H3,(H,18,22). The molecular weight excluding hydrogens is 308 g/mol. The number of aromatic nitrogens is 3. The van der Waals surface area contributed by atoms with Crippen LogP contribution in [0.15, 0.2) is 23.4 Å². The van der Waals surface area contributed by atoms with Crippen molar-refractivity contribution in [2.24, 2.45) is 0 Å². The van der Waals surface area contributed by atoms with E-state index < -0.39 is 0 Å². The Balaban J connectivity index is 1.37. The van der Waals surface area contributed by atoms with Gasteiger partial charge in [0, 0.05) is 11.7 Å². The Morgan fingerprint density at radius 2 is 2.13 bits per heavy atom. The Kier molecular flexibility index (Phi) is 3.85. The molecule has 0 unspecified atom stereocenters. The van der Waals surface area contributed by atoms with Crippen molar-refractivity contribution in [1.29, 1.82) is 0 Å². The monoisotopic (exact) mass is 328 g/mol. The summed E-state index contributed by atoms with van der Waals surface area (Å²) in [7, 11) is 0. The molecule has 0 spiro atoms. The zero-order valence-electron chi connectivity index (χ0n) is 13.2. The number of nitrogens with one attached hydrogen (secondary N) is 1. The van der Waals surface area contributed by atoms with Crippen LogP contribution >= 0.6 is 11.8 Å². The van der Waals surface area contributed by atoms with Gasteiger partial charge in [-0.2, -0.15) is 0 Å². The number of hydrogen-bond donors (Lipinski definition) is 1. The molecular formula is C17H20N4OS. The summed E-state index contributed by atoms with van der Waals surface area (Å²) in [6, 6.07) is 6.79. The molecule has 1 aromatic carbocycles. The van der Waals surface area contributed by atoms with Gasteiger partial charge in [0.15, 0.2) is 5.16 Å². The molecule has 0 bridgehead atoms. The number of fused-ring (bicyclic) bond motifs is 1. The van der Waals surface area contributed by atoms with E-state index in [-0.39, 0.29) is 5.91 Å². The van der Waals surface area contributed by atoms with Crippen molar-refractivity contribution < 1.29 is 4.79 Å². The molecule has 1 aromatic heterocycles. The summed E-state index contributed by atoms with van der Waals surface area (Å²) in [6.07, 6.45) is 5.88. The Morgan fingerprint density at radius 1 is 1.30 bits per heavy atom. The molecule has 2 aliphatic rings. The summed E-state index contributed by atoms with van der Waals surface area (Å²) < 4.78 is 2.16. The highest BCUT2D eigenvalue weighted by molar-refractivity contribution is 7.99. The van der Waals surface area contributed by atoms with Gasteiger partial charge >= 0.3 is 0 Å². The van der Waals surface area contributed by atoms with Crippen molar-refractivity contribution in [2.45, 2.75) is 50.2 Å². The van der Waals surface area contributed by atoms with Crippen LogP contribution in [-0.4, -0.2) is 26.4 Å². The summed E-state index contributed by atoms with van der Waals surface area (Å²) in [6.45, 7) is 1.97. The first-order valence-electron chi connectivity index (χ1n) is 8.16. The van der Waals surface area contributed by atoms with Crippen LogP contribution in [0.3, 0.4) is 0 Å². The minimum atomic E-state index is 0.0101. The number of benzene rings is 1. The van der Waals surface area contributed by atoms with Gasteiger partial charge in [0.1, 0.15) is 5.82 Å². The smallest absolute Gasteiger partial charge is 0.234 e. The number of carbonyl (C=O) groups is 1. The first-order valence-corrected chi connectivity index (χ1v) is 9.15. The van der Waals surface area contributed by atoms with Crippen LogP contribution in [0.2, 0.25) is 0 Å².